The van der Waals surface area contributed by atoms with Gasteiger partial charge >= 0.3 is 5.63 Å². The molecule has 1 aromatic carbocycles. The van der Waals surface area contributed by atoms with Crippen LogP contribution in [0, 0.1) is 0 Å². The van der Waals surface area contributed by atoms with Gasteiger partial charge in [0.15, 0.2) is 0 Å². The quantitative estimate of drug-likeness (QED) is 0.735. The van der Waals surface area contributed by atoms with Gasteiger partial charge in [-0.3, -0.25) is 9.69 Å². The first kappa shape index (κ1) is 17.9. The maximum atomic E-state index is 12.8. The second-order valence-corrected chi connectivity index (χ2v) is 8.46. The summed E-state index contributed by atoms with van der Waals surface area (Å²) in [6.07, 6.45) is 1.92. The van der Waals surface area contributed by atoms with Gasteiger partial charge in [-0.25, -0.2) is 4.79 Å². The number of carbonyl (C=O) groups excluding carboxylic acids is 1. The average molecular weight is 393 g/mol. The summed E-state index contributed by atoms with van der Waals surface area (Å²) in [6.45, 7) is 3.64. The van der Waals surface area contributed by atoms with Crippen molar-refractivity contribution in [1.29, 1.82) is 0 Å². The zero-order valence-corrected chi connectivity index (χ0v) is 16.0. The number of piperidine rings is 1. The van der Waals surface area contributed by atoms with Crippen molar-refractivity contribution in [2.45, 2.75) is 18.9 Å². The number of hydrogen-bond donors (Lipinski definition) is 0. The maximum Gasteiger partial charge on any atom is 0.349 e. The van der Waals surface area contributed by atoms with Crippen molar-refractivity contribution in [3.05, 3.63) is 45.3 Å². The summed E-state index contributed by atoms with van der Waals surface area (Å²) < 4.78 is 5.30. The molecule has 0 saturated carbocycles. The van der Waals surface area contributed by atoms with Crippen LogP contribution in [-0.4, -0.2) is 59.4 Å². The highest BCUT2D eigenvalue weighted by atomic mass is 35.5. The molecule has 3 heterocycles. The third-order valence-electron chi connectivity index (χ3n) is 5.24. The van der Waals surface area contributed by atoms with Crippen molar-refractivity contribution in [2.75, 3.05) is 37.7 Å². The Morgan fingerprint density at radius 1 is 1.12 bits per heavy atom. The van der Waals surface area contributed by atoms with Crippen LogP contribution in [0.5, 0.6) is 0 Å². The molecule has 0 radical (unpaired) electrons. The SMILES string of the molecule is O=C(c1cc2cc(Cl)ccc2oc1=O)N1CCC(N2CCSCC2)CC1. The Bertz CT molecular complexity index is 871. The molecule has 2 saturated heterocycles. The van der Waals surface area contributed by atoms with Gasteiger partial charge in [0, 0.05) is 54.1 Å². The van der Waals surface area contributed by atoms with E-state index in [4.69, 9.17) is 16.0 Å². The molecule has 0 bridgehead atoms. The second kappa shape index (κ2) is 7.62. The first-order valence-corrected chi connectivity index (χ1v) is 10.5. The fraction of sp³-hybridized carbons (Fsp3) is 0.474. The molecule has 5 nitrogen and oxygen atoms in total. The molecule has 1 aromatic heterocycles. The third-order valence-corrected chi connectivity index (χ3v) is 6.42. The summed E-state index contributed by atoms with van der Waals surface area (Å²) in [6, 6.07) is 7.17. The van der Waals surface area contributed by atoms with Crippen LogP contribution in [0.3, 0.4) is 0 Å². The molecule has 2 aliphatic heterocycles. The molecule has 2 aliphatic rings. The van der Waals surface area contributed by atoms with Crippen LogP contribution in [-0.2, 0) is 0 Å². The molecule has 0 aliphatic carbocycles. The van der Waals surface area contributed by atoms with Gasteiger partial charge in [0.05, 0.1) is 0 Å². The number of carbonyl (C=O) groups is 1. The van der Waals surface area contributed by atoms with E-state index in [2.05, 4.69) is 4.90 Å². The van der Waals surface area contributed by atoms with Crippen molar-refractivity contribution in [3.8, 4) is 0 Å². The van der Waals surface area contributed by atoms with E-state index in [0.29, 0.717) is 35.1 Å². The largest absolute Gasteiger partial charge is 0.422 e. The summed E-state index contributed by atoms with van der Waals surface area (Å²) in [7, 11) is 0. The average Bonchev–Trinajstić information content (AvgIpc) is 2.68. The Morgan fingerprint density at radius 2 is 1.85 bits per heavy atom. The number of rotatable bonds is 2. The van der Waals surface area contributed by atoms with Crippen molar-refractivity contribution in [1.82, 2.24) is 9.80 Å². The highest BCUT2D eigenvalue weighted by Crippen LogP contribution is 2.23. The monoisotopic (exact) mass is 392 g/mol. The van der Waals surface area contributed by atoms with Crippen LogP contribution in [0.15, 0.2) is 33.5 Å². The number of benzene rings is 1. The molecule has 26 heavy (non-hydrogen) atoms. The van der Waals surface area contributed by atoms with Gasteiger partial charge in [-0.05, 0) is 37.1 Å². The highest BCUT2D eigenvalue weighted by molar-refractivity contribution is 7.99. The summed E-state index contributed by atoms with van der Waals surface area (Å²) >= 11 is 8.02. The summed E-state index contributed by atoms with van der Waals surface area (Å²) in [4.78, 5) is 29.4. The molecule has 138 valence electrons. The number of thioether (sulfide) groups is 1. The van der Waals surface area contributed by atoms with Crippen LogP contribution in [0.2, 0.25) is 5.02 Å². The minimum Gasteiger partial charge on any atom is -0.422 e. The molecular weight excluding hydrogens is 372 g/mol. The molecule has 0 spiro atoms. The molecule has 2 fully saturated rings. The lowest BCUT2D eigenvalue weighted by molar-refractivity contribution is 0.0627. The van der Waals surface area contributed by atoms with Gasteiger partial charge in [-0.1, -0.05) is 11.6 Å². The lowest BCUT2D eigenvalue weighted by atomic mass is 10.0. The van der Waals surface area contributed by atoms with E-state index in [9.17, 15) is 9.59 Å². The van der Waals surface area contributed by atoms with Crippen molar-refractivity contribution in [2.24, 2.45) is 0 Å². The minimum atomic E-state index is -0.583. The van der Waals surface area contributed by atoms with E-state index in [1.54, 1.807) is 29.2 Å². The Morgan fingerprint density at radius 3 is 2.58 bits per heavy atom. The molecule has 0 N–H and O–H groups in total. The lowest BCUT2D eigenvalue weighted by Gasteiger charge is -2.40. The zero-order chi connectivity index (χ0) is 18.1. The van der Waals surface area contributed by atoms with E-state index in [1.165, 1.54) is 11.5 Å². The zero-order valence-electron chi connectivity index (χ0n) is 14.4. The fourth-order valence-electron chi connectivity index (χ4n) is 3.79. The van der Waals surface area contributed by atoms with Crippen LogP contribution in [0.1, 0.15) is 23.2 Å². The predicted octanol–water partition coefficient (Wildman–Crippen LogP) is 3.10. The van der Waals surface area contributed by atoms with E-state index < -0.39 is 5.63 Å². The molecule has 7 heteroatoms. The Kier molecular flexibility index (Phi) is 5.25. The first-order chi connectivity index (χ1) is 12.6. The van der Waals surface area contributed by atoms with Crippen LogP contribution < -0.4 is 5.63 Å². The van der Waals surface area contributed by atoms with Gasteiger partial charge < -0.3 is 9.32 Å². The van der Waals surface area contributed by atoms with E-state index in [-0.39, 0.29) is 11.5 Å². The second-order valence-electron chi connectivity index (χ2n) is 6.80. The van der Waals surface area contributed by atoms with Crippen molar-refractivity contribution < 1.29 is 9.21 Å². The predicted molar refractivity (Wildman–Crippen MR) is 105 cm³/mol. The van der Waals surface area contributed by atoms with Gasteiger partial charge in [0.1, 0.15) is 11.1 Å². The van der Waals surface area contributed by atoms with Gasteiger partial charge in [0.2, 0.25) is 0 Å². The number of fused-ring (bicyclic) bond motifs is 1. The molecular formula is C19H21ClN2O3S. The minimum absolute atomic E-state index is 0.0904. The number of amides is 1. The van der Waals surface area contributed by atoms with Crippen molar-refractivity contribution in [3.63, 3.8) is 0 Å². The Hall–Kier alpha value is -1.50. The van der Waals surface area contributed by atoms with Crippen LogP contribution >= 0.6 is 23.4 Å². The van der Waals surface area contributed by atoms with Crippen LogP contribution in [0.4, 0.5) is 0 Å². The third kappa shape index (κ3) is 3.63. The van der Waals surface area contributed by atoms with Crippen LogP contribution in [0.25, 0.3) is 11.0 Å². The Labute approximate surface area is 161 Å². The molecule has 2 aromatic rings. The topological polar surface area (TPSA) is 53.8 Å². The standard InChI is InChI=1S/C19H21ClN2O3S/c20-14-1-2-17-13(11-14)12-16(19(24)25-17)18(23)22-5-3-15(4-6-22)21-7-9-26-10-8-21/h1-2,11-12,15H,3-10H2. The van der Waals surface area contributed by atoms with Gasteiger partial charge in [-0.15, -0.1) is 0 Å². The summed E-state index contributed by atoms with van der Waals surface area (Å²) in [5.41, 5.74) is -0.0507. The highest BCUT2D eigenvalue weighted by Gasteiger charge is 2.29. The lowest BCUT2D eigenvalue weighted by Crippen LogP contribution is -2.49. The van der Waals surface area contributed by atoms with E-state index in [1.807, 2.05) is 11.8 Å². The fourth-order valence-corrected chi connectivity index (χ4v) is 4.90. The molecule has 4 rings (SSSR count). The van der Waals surface area contributed by atoms with E-state index in [0.717, 1.165) is 25.9 Å². The van der Waals surface area contributed by atoms with E-state index >= 15 is 0 Å². The number of likely N-dealkylation sites (tertiary alicyclic amines) is 1. The molecule has 0 atom stereocenters. The summed E-state index contributed by atoms with van der Waals surface area (Å²) in [5.74, 6) is 2.15. The summed E-state index contributed by atoms with van der Waals surface area (Å²) in [5, 5.41) is 1.21. The van der Waals surface area contributed by atoms with Gasteiger partial charge in [0.25, 0.3) is 5.91 Å². The Balaban J connectivity index is 1.49. The molecule has 0 unspecified atom stereocenters. The first-order valence-electron chi connectivity index (χ1n) is 8.96. The van der Waals surface area contributed by atoms with Gasteiger partial charge in [-0.2, -0.15) is 11.8 Å². The number of halogens is 1. The van der Waals surface area contributed by atoms with Crippen molar-refractivity contribution >= 4 is 40.2 Å². The number of nitrogens with zero attached hydrogens (tertiary/aromatic N) is 2. The smallest absolute Gasteiger partial charge is 0.349 e. The normalized spacial score (nSPS) is 19.8. The molecule has 1 amide bonds. The maximum absolute atomic E-state index is 12.8. The number of hydrogen-bond acceptors (Lipinski definition) is 5.